The minimum absolute atomic E-state index is 0.135. The van der Waals surface area contributed by atoms with E-state index in [1.807, 2.05) is 19.1 Å². The molecule has 0 unspecified atom stereocenters. The highest BCUT2D eigenvalue weighted by Crippen LogP contribution is 2.31. The van der Waals surface area contributed by atoms with Gasteiger partial charge in [-0.15, -0.1) is 11.3 Å². The zero-order chi connectivity index (χ0) is 26.2. The summed E-state index contributed by atoms with van der Waals surface area (Å²) >= 11 is 1.76. The van der Waals surface area contributed by atoms with Crippen LogP contribution in [0.25, 0.3) is 16.0 Å². The molecule has 4 rings (SSSR count). The van der Waals surface area contributed by atoms with Crippen LogP contribution in [0.4, 0.5) is 4.39 Å². The van der Waals surface area contributed by atoms with E-state index in [0.717, 1.165) is 27.8 Å². The van der Waals surface area contributed by atoms with Crippen molar-refractivity contribution in [2.45, 2.75) is 20.8 Å². The number of halogens is 1. The van der Waals surface area contributed by atoms with Crippen molar-refractivity contribution < 1.29 is 23.4 Å². The van der Waals surface area contributed by atoms with Crippen molar-refractivity contribution in [3.05, 3.63) is 112 Å². The van der Waals surface area contributed by atoms with Crippen molar-refractivity contribution >= 4 is 22.9 Å². The summed E-state index contributed by atoms with van der Waals surface area (Å²) in [6.45, 7) is 6.25. The van der Waals surface area contributed by atoms with Gasteiger partial charge in [0.15, 0.2) is 6.61 Å². The highest BCUT2D eigenvalue weighted by atomic mass is 32.1. The molecule has 0 fully saturated rings. The smallest absolute Gasteiger partial charge is 0.344 e. The van der Waals surface area contributed by atoms with Gasteiger partial charge >= 0.3 is 5.97 Å². The fourth-order valence-electron chi connectivity index (χ4n) is 3.87. The SMILES string of the molecule is CCOC(=O)COc1ccc(OC/C=C(/c2ccc(F)cc2)c2ccc(-c3ccc(C)s3)cc2)cc1C. The molecule has 37 heavy (non-hydrogen) atoms. The predicted octanol–water partition coefficient (Wildman–Crippen LogP) is 7.62. The van der Waals surface area contributed by atoms with E-state index in [1.165, 1.54) is 21.9 Å². The van der Waals surface area contributed by atoms with E-state index < -0.39 is 5.97 Å². The van der Waals surface area contributed by atoms with Crippen LogP contribution in [0.15, 0.2) is 84.9 Å². The predicted molar refractivity (Wildman–Crippen MR) is 147 cm³/mol. The number of carbonyl (C=O) groups is 1. The summed E-state index contributed by atoms with van der Waals surface area (Å²) in [7, 11) is 0. The molecule has 1 aromatic heterocycles. The molecule has 3 aromatic carbocycles. The van der Waals surface area contributed by atoms with Gasteiger partial charge in [0.25, 0.3) is 0 Å². The van der Waals surface area contributed by atoms with Crippen LogP contribution in [0.1, 0.15) is 28.5 Å². The Bertz CT molecular complexity index is 1370. The van der Waals surface area contributed by atoms with Gasteiger partial charge in [0, 0.05) is 9.75 Å². The summed E-state index contributed by atoms with van der Waals surface area (Å²) in [6.07, 6.45) is 2.00. The van der Waals surface area contributed by atoms with Gasteiger partial charge in [0.1, 0.15) is 23.9 Å². The second-order valence-electron chi connectivity index (χ2n) is 8.44. The van der Waals surface area contributed by atoms with Crippen molar-refractivity contribution in [1.82, 2.24) is 0 Å². The van der Waals surface area contributed by atoms with Crippen LogP contribution in [0, 0.1) is 19.7 Å². The van der Waals surface area contributed by atoms with Crippen LogP contribution < -0.4 is 9.47 Å². The van der Waals surface area contributed by atoms with Crippen molar-refractivity contribution in [1.29, 1.82) is 0 Å². The van der Waals surface area contributed by atoms with Crippen LogP contribution in [-0.4, -0.2) is 25.8 Å². The molecule has 0 saturated heterocycles. The van der Waals surface area contributed by atoms with Gasteiger partial charge in [-0.2, -0.15) is 0 Å². The Morgan fingerprint density at radius 2 is 1.59 bits per heavy atom. The molecule has 0 radical (unpaired) electrons. The molecule has 0 aliphatic carbocycles. The molecular weight excluding hydrogens is 487 g/mol. The molecule has 4 aromatic rings. The minimum Gasteiger partial charge on any atom is -0.489 e. The third-order valence-corrected chi connectivity index (χ3v) is 6.76. The Labute approximate surface area is 221 Å². The first-order chi connectivity index (χ1) is 17.9. The first-order valence-corrected chi connectivity index (χ1v) is 12.9. The first-order valence-electron chi connectivity index (χ1n) is 12.1. The third kappa shape index (κ3) is 7.08. The number of ether oxygens (including phenoxy) is 3. The highest BCUT2D eigenvalue weighted by Gasteiger charge is 2.09. The number of rotatable bonds is 10. The number of thiophene rings is 1. The Balaban J connectivity index is 1.50. The van der Waals surface area contributed by atoms with Crippen molar-refractivity contribution in [2.75, 3.05) is 19.8 Å². The molecule has 0 atom stereocenters. The van der Waals surface area contributed by atoms with Gasteiger partial charge in [-0.25, -0.2) is 9.18 Å². The van der Waals surface area contributed by atoms with E-state index in [9.17, 15) is 9.18 Å². The van der Waals surface area contributed by atoms with E-state index >= 15 is 0 Å². The average Bonchev–Trinajstić information content (AvgIpc) is 3.33. The van der Waals surface area contributed by atoms with Gasteiger partial charge in [0.05, 0.1) is 6.61 Å². The fraction of sp³-hybridized carbons (Fsp3) is 0.194. The summed E-state index contributed by atoms with van der Waals surface area (Å²) in [5.74, 6) is 0.603. The number of carbonyl (C=O) groups excluding carboxylic acids is 1. The van der Waals surface area contributed by atoms with Gasteiger partial charge < -0.3 is 14.2 Å². The summed E-state index contributed by atoms with van der Waals surface area (Å²) in [5, 5.41) is 0. The molecule has 0 saturated carbocycles. The zero-order valence-electron chi connectivity index (χ0n) is 21.1. The van der Waals surface area contributed by atoms with Crippen molar-refractivity contribution in [2.24, 2.45) is 0 Å². The molecule has 0 aliphatic heterocycles. The Hall–Kier alpha value is -3.90. The summed E-state index contributed by atoms with van der Waals surface area (Å²) in [5.41, 5.74) is 4.90. The van der Waals surface area contributed by atoms with Crippen LogP contribution in [-0.2, 0) is 9.53 Å². The van der Waals surface area contributed by atoms with E-state index in [1.54, 1.807) is 42.5 Å². The van der Waals surface area contributed by atoms with Gasteiger partial charge in [-0.1, -0.05) is 36.4 Å². The standard InChI is InChI=1S/C31H29FO4S/c1-4-34-31(33)20-36-29-15-14-27(19-21(29)2)35-18-17-28(24-10-12-26(32)13-11-24)23-6-8-25(9-7-23)30-16-5-22(3)37-30/h5-17,19H,4,18,20H2,1-3H3/b28-17+. The van der Waals surface area contributed by atoms with Gasteiger partial charge in [-0.05, 0) is 97.1 Å². The van der Waals surface area contributed by atoms with Crippen LogP contribution in [0.3, 0.4) is 0 Å². The molecule has 1 heterocycles. The van der Waals surface area contributed by atoms with E-state index in [2.05, 4.69) is 43.3 Å². The summed E-state index contributed by atoms with van der Waals surface area (Å²) in [4.78, 5) is 14.0. The number of hydrogen-bond donors (Lipinski definition) is 0. The lowest BCUT2D eigenvalue weighted by Gasteiger charge is -2.12. The highest BCUT2D eigenvalue weighted by molar-refractivity contribution is 7.15. The Kier molecular flexibility index (Phi) is 8.75. The fourth-order valence-corrected chi connectivity index (χ4v) is 4.74. The minimum atomic E-state index is -0.403. The Morgan fingerprint density at radius 1 is 0.892 bits per heavy atom. The number of esters is 1. The average molecular weight is 517 g/mol. The molecule has 6 heteroatoms. The lowest BCUT2D eigenvalue weighted by atomic mass is 9.96. The third-order valence-electron chi connectivity index (χ3n) is 5.71. The van der Waals surface area contributed by atoms with E-state index in [4.69, 9.17) is 14.2 Å². The van der Waals surface area contributed by atoms with Crippen molar-refractivity contribution in [3.8, 4) is 21.9 Å². The maximum absolute atomic E-state index is 13.6. The molecule has 0 spiro atoms. The quantitative estimate of drug-likeness (QED) is 0.203. The van der Waals surface area contributed by atoms with Crippen molar-refractivity contribution in [3.63, 3.8) is 0 Å². The van der Waals surface area contributed by atoms with E-state index in [0.29, 0.717) is 24.7 Å². The van der Waals surface area contributed by atoms with Gasteiger partial charge in [-0.3, -0.25) is 0 Å². The Morgan fingerprint density at radius 3 is 2.22 bits per heavy atom. The maximum atomic E-state index is 13.6. The maximum Gasteiger partial charge on any atom is 0.344 e. The first kappa shape index (κ1) is 26.2. The molecule has 0 amide bonds. The van der Waals surface area contributed by atoms with Crippen LogP contribution >= 0.6 is 11.3 Å². The summed E-state index contributed by atoms with van der Waals surface area (Å²) in [6, 6.07) is 24.6. The summed E-state index contributed by atoms with van der Waals surface area (Å²) < 4.78 is 30.0. The van der Waals surface area contributed by atoms with Crippen LogP contribution in [0.5, 0.6) is 11.5 Å². The lowest BCUT2D eigenvalue weighted by Crippen LogP contribution is -2.14. The second-order valence-corrected chi connectivity index (χ2v) is 9.73. The normalized spacial score (nSPS) is 11.3. The van der Waals surface area contributed by atoms with Gasteiger partial charge in [0.2, 0.25) is 0 Å². The lowest BCUT2D eigenvalue weighted by molar-refractivity contribution is -0.145. The van der Waals surface area contributed by atoms with E-state index in [-0.39, 0.29) is 12.4 Å². The largest absolute Gasteiger partial charge is 0.489 e. The molecule has 0 N–H and O–H groups in total. The molecular formula is C31H29FO4S. The molecule has 0 aliphatic rings. The molecule has 4 nitrogen and oxygen atoms in total. The second kappa shape index (κ2) is 12.4. The zero-order valence-corrected chi connectivity index (χ0v) is 21.9. The molecule has 190 valence electrons. The topological polar surface area (TPSA) is 44.8 Å². The van der Waals surface area contributed by atoms with Crippen LogP contribution in [0.2, 0.25) is 0 Å². The number of hydrogen-bond acceptors (Lipinski definition) is 5. The number of benzene rings is 3. The number of aryl methyl sites for hydroxylation is 2. The monoisotopic (exact) mass is 516 g/mol. The molecule has 0 bridgehead atoms.